The van der Waals surface area contributed by atoms with Crippen LogP contribution in [0.3, 0.4) is 0 Å². The fourth-order valence-electron chi connectivity index (χ4n) is 3.62. The van der Waals surface area contributed by atoms with Gasteiger partial charge in [-0.2, -0.15) is 0 Å². The molecule has 0 unspecified atom stereocenters. The summed E-state index contributed by atoms with van der Waals surface area (Å²) in [7, 11) is 0. The maximum Gasteiger partial charge on any atom is 0.230 e. The Hall–Kier alpha value is -2.71. The van der Waals surface area contributed by atoms with Crippen LogP contribution in [0, 0.1) is 5.82 Å². The van der Waals surface area contributed by atoms with E-state index in [2.05, 4.69) is 37.1 Å². The van der Waals surface area contributed by atoms with Crippen molar-refractivity contribution in [3.05, 3.63) is 77.4 Å². The SMILES string of the molecule is O=C(CSc1nnc(CN2CCCC2)n1Cc1ccccc1)NCc1ccccc1F. The molecule has 31 heavy (non-hydrogen) atoms. The summed E-state index contributed by atoms with van der Waals surface area (Å²) >= 11 is 1.36. The molecular weight excluding hydrogens is 413 g/mol. The number of hydrogen-bond donors (Lipinski definition) is 1. The molecule has 1 saturated heterocycles. The Morgan fingerprint density at radius 2 is 1.74 bits per heavy atom. The van der Waals surface area contributed by atoms with Crippen molar-refractivity contribution >= 4 is 17.7 Å². The van der Waals surface area contributed by atoms with Crippen LogP contribution in [0.4, 0.5) is 4.39 Å². The number of benzene rings is 2. The van der Waals surface area contributed by atoms with E-state index in [1.165, 1.54) is 30.7 Å². The summed E-state index contributed by atoms with van der Waals surface area (Å²) in [6, 6.07) is 16.6. The number of nitrogens with one attached hydrogen (secondary N) is 1. The lowest BCUT2D eigenvalue weighted by Gasteiger charge is -2.16. The Labute approximate surface area is 185 Å². The average Bonchev–Trinajstić information content (AvgIpc) is 3.43. The molecule has 2 aromatic carbocycles. The number of hydrogen-bond acceptors (Lipinski definition) is 5. The fourth-order valence-corrected chi connectivity index (χ4v) is 4.41. The summed E-state index contributed by atoms with van der Waals surface area (Å²) in [5.74, 6) is 0.638. The summed E-state index contributed by atoms with van der Waals surface area (Å²) in [5, 5.41) is 12.3. The predicted octanol–water partition coefficient (Wildman–Crippen LogP) is 3.47. The molecule has 162 valence electrons. The Morgan fingerprint density at radius 3 is 2.52 bits per heavy atom. The molecule has 4 rings (SSSR count). The zero-order chi connectivity index (χ0) is 21.5. The third kappa shape index (κ3) is 5.92. The number of nitrogens with zero attached hydrogens (tertiary/aromatic N) is 4. The van der Waals surface area contributed by atoms with Gasteiger partial charge >= 0.3 is 0 Å². The van der Waals surface area contributed by atoms with Gasteiger partial charge in [0.25, 0.3) is 0 Å². The summed E-state index contributed by atoms with van der Waals surface area (Å²) in [4.78, 5) is 14.7. The normalized spacial score (nSPS) is 14.1. The van der Waals surface area contributed by atoms with Crippen LogP contribution in [0.25, 0.3) is 0 Å². The zero-order valence-corrected chi connectivity index (χ0v) is 18.2. The summed E-state index contributed by atoms with van der Waals surface area (Å²) in [6.45, 7) is 3.76. The first-order valence-corrected chi connectivity index (χ1v) is 11.5. The molecule has 1 fully saturated rings. The summed E-state index contributed by atoms with van der Waals surface area (Å²) in [5.41, 5.74) is 1.64. The number of thioether (sulfide) groups is 1. The van der Waals surface area contributed by atoms with Crippen molar-refractivity contribution in [2.24, 2.45) is 0 Å². The maximum absolute atomic E-state index is 13.7. The van der Waals surface area contributed by atoms with E-state index in [1.807, 2.05) is 18.2 Å². The third-order valence-electron chi connectivity index (χ3n) is 5.31. The summed E-state index contributed by atoms with van der Waals surface area (Å²) < 4.78 is 15.8. The van der Waals surface area contributed by atoms with Crippen molar-refractivity contribution in [3.8, 4) is 0 Å². The Morgan fingerprint density at radius 1 is 1.00 bits per heavy atom. The minimum atomic E-state index is -0.315. The van der Waals surface area contributed by atoms with Crippen LogP contribution in [0.2, 0.25) is 0 Å². The van der Waals surface area contributed by atoms with Crippen LogP contribution in [-0.4, -0.2) is 44.4 Å². The molecule has 6 nitrogen and oxygen atoms in total. The lowest BCUT2D eigenvalue weighted by atomic mass is 10.2. The molecule has 1 amide bonds. The number of carbonyl (C=O) groups is 1. The Balaban J connectivity index is 1.41. The number of carbonyl (C=O) groups excluding carboxylic acids is 1. The van der Waals surface area contributed by atoms with Gasteiger partial charge in [-0.05, 0) is 37.6 Å². The predicted molar refractivity (Wildman–Crippen MR) is 119 cm³/mol. The number of likely N-dealkylation sites (tertiary alicyclic amines) is 1. The molecule has 1 N–H and O–H groups in total. The van der Waals surface area contributed by atoms with Gasteiger partial charge in [-0.25, -0.2) is 4.39 Å². The van der Waals surface area contributed by atoms with E-state index in [-0.39, 0.29) is 24.0 Å². The highest BCUT2D eigenvalue weighted by Gasteiger charge is 2.19. The van der Waals surface area contributed by atoms with Crippen LogP contribution in [0.15, 0.2) is 59.8 Å². The second-order valence-corrected chi connectivity index (χ2v) is 8.55. The van der Waals surface area contributed by atoms with Crippen LogP contribution in [0.5, 0.6) is 0 Å². The standard InChI is InChI=1S/C23H26FN5OS/c24-20-11-5-4-10-19(20)14-25-22(30)17-31-23-27-26-21(16-28-12-6-7-13-28)29(23)15-18-8-2-1-3-9-18/h1-5,8-11H,6-7,12-17H2,(H,25,30). The highest BCUT2D eigenvalue weighted by atomic mass is 32.2. The van der Waals surface area contributed by atoms with E-state index in [0.717, 1.165) is 36.2 Å². The molecular formula is C23H26FN5OS. The average molecular weight is 440 g/mol. The van der Waals surface area contributed by atoms with Crippen LogP contribution in [0.1, 0.15) is 29.8 Å². The summed E-state index contributed by atoms with van der Waals surface area (Å²) in [6.07, 6.45) is 2.44. The van der Waals surface area contributed by atoms with Crippen molar-refractivity contribution in [1.29, 1.82) is 0 Å². The van der Waals surface area contributed by atoms with Gasteiger partial charge in [0.05, 0.1) is 18.8 Å². The first-order valence-electron chi connectivity index (χ1n) is 10.5. The van der Waals surface area contributed by atoms with Crippen LogP contribution < -0.4 is 5.32 Å². The molecule has 2 heterocycles. The van der Waals surface area contributed by atoms with Gasteiger partial charge in [-0.15, -0.1) is 10.2 Å². The molecule has 1 aliphatic rings. The third-order valence-corrected chi connectivity index (χ3v) is 6.27. The van der Waals surface area contributed by atoms with Gasteiger partial charge in [0, 0.05) is 12.1 Å². The van der Waals surface area contributed by atoms with E-state index in [1.54, 1.807) is 18.2 Å². The molecule has 1 aromatic heterocycles. The molecule has 0 atom stereocenters. The zero-order valence-electron chi connectivity index (χ0n) is 17.3. The van der Waals surface area contributed by atoms with Gasteiger partial charge in [-0.3, -0.25) is 9.69 Å². The molecule has 3 aromatic rings. The molecule has 0 radical (unpaired) electrons. The van der Waals surface area contributed by atoms with Crippen molar-refractivity contribution < 1.29 is 9.18 Å². The van der Waals surface area contributed by atoms with Gasteiger partial charge in [-0.1, -0.05) is 60.3 Å². The fraction of sp³-hybridized carbons (Fsp3) is 0.348. The van der Waals surface area contributed by atoms with Crippen molar-refractivity contribution in [2.45, 2.75) is 37.6 Å². The topological polar surface area (TPSA) is 63.1 Å². The quantitative estimate of drug-likeness (QED) is 0.518. The maximum atomic E-state index is 13.7. The first-order chi connectivity index (χ1) is 15.2. The minimum absolute atomic E-state index is 0.163. The Kier molecular flexibility index (Phi) is 7.32. The molecule has 0 aliphatic carbocycles. The van der Waals surface area contributed by atoms with Crippen molar-refractivity contribution in [1.82, 2.24) is 25.0 Å². The van der Waals surface area contributed by atoms with E-state index >= 15 is 0 Å². The van der Waals surface area contributed by atoms with Crippen LogP contribution in [-0.2, 0) is 24.4 Å². The van der Waals surface area contributed by atoms with Crippen molar-refractivity contribution in [2.75, 3.05) is 18.8 Å². The highest BCUT2D eigenvalue weighted by molar-refractivity contribution is 7.99. The van der Waals surface area contributed by atoms with Gasteiger partial charge < -0.3 is 9.88 Å². The lowest BCUT2D eigenvalue weighted by molar-refractivity contribution is -0.118. The highest BCUT2D eigenvalue weighted by Crippen LogP contribution is 2.21. The molecule has 0 spiro atoms. The molecule has 8 heteroatoms. The van der Waals surface area contributed by atoms with Gasteiger partial charge in [0.1, 0.15) is 11.6 Å². The van der Waals surface area contributed by atoms with E-state index in [4.69, 9.17) is 0 Å². The largest absolute Gasteiger partial charge is 0.351 e. The second kappa shape index (κ2) is 10.5. The smallest absolute Gasteiger partial charge is 0.230 e. The molecule has 0 saturated carbocycles. The molecule has 0 bridgehead atoms. The van der Waals surface area contributed by atoms with Gasteiger partial charge in [0.2, 0.25) is 5.91 Å². The number of aromatic nitrogens is 3. The van der Waals surface area contributed by atoms with Crippen molar-refractivity contribution in [3.63, 3.8) is 0 Å². The number of amides is 1. The number of rotatable bonds is 9. The van der Waals surface area contributed by atoms with E-state index < -0.39 is 0 Å². The molecule has 1 aliphatic heterocycles. The Bertz CT molecular complexity index is 1000. The number of halogens is 1. The van der Waals surface area contributed by atoms with E-state index in [0.29, 0.717) is 12.1 Å². The van der Waals surface area contributed by atoms with Crippen LogP contribution >= 0.6 is 11.8 Å². The van der Waals surface area contributed by atoms with E-state index in [9.17, 15) is 9.18 Å². The first kappa shape index (κ1) is 21.5. The minimum Gasteiger partial charge on any atom is -0.351 e. The second-order valence-electron chi connectivity index (χ2n) is 7.61. The van der Waals surface area contributed by atoms with Gasteiger partial charge in [0.15, 0.2) is 5.16 Å². The monoisotopic (exact) mass is 439 g/mol. The lowest BCUT2D eigenvalue weighted by Crippen LogP contribution is -2.25.